The van der Waals surface area contributed by atoms with Crippen molar-refractivity contribution in [1.82, 2.24) is 15.5 Å². The Hall–Kier alpha value is -0.900. The maximum Gasteiger partial charge on any atom is 0.228 e. The van der Waals surface area contributed by atoms with Gasteiger partial charge in [-0.05, 0) is 31.7 Å². The number of aromatic nitrogens is 2. The standard InChI is InChI=1S/C14H25N3O/c1-5-8-15-11(10-6-7-10)9-12-16-13(17-18-12)14(2,3)4/h10-11,15H,5-9H2,1-4H3. The quantitative estimate of drug-likeness (QED) is 0.844. The molecule has 102 valence electrons. The number of nitrogens with one attached hydrogen (secondary N) is 1. The molecular weight excluding hydrogens is 226 g/mol. The number of nitrogens with zero attached hydrogens (tertiary/aromatic N) is 2. The van der Waals surface area contributed by atoms with Crippen molar-refractivity contribution in [1.29, 1.82) is 0 Å². The van der Waals surface area contributed by atoms with Crippen LogP contribution in [-0.2, 0) is 11.8 Å². The molecule has 0 aromatic carbocycles. The summed E-state index contributed by atoms with van der Waals surface area (Å²) in [4.78, 5) is 4.52. The molecule has 0 radical (unpaired) electrons. The average molecular weight is 251 g/mol. The van der Waals surface area contributed by atoms with Crippen LogP contribution in [0.1, 0.15) is 58.7 Å². The Bertz CT molecular complexity index is 377. The van der Waals surface area contributed by atoms with Gasteiger partial charge in [0.2, 0.25) is 5.89 Å². The molecule has 1 aromatic rings. The molecule has 18 heavy (non-hydrogen) atoms. The fourth-order valence-corrected chi connectivity index (χ4v) is 2.06. The van der Waals surface area contributed by atoms with Crippen LogP contribution in [0.2, 0.25) is 0 Å². The summed E-state index contributed by atoms with van der Waals surface area (Å²) in [5.74, 6) is 2.39. The largest absolute Gasteiger partial charge is 0.339 e. The molecule has 0 saturated heterocycles. The van der Waals surface area contributed by atoms with Crippen molar-refractivity contribution in [3.8, 4) is 0 Å². The van der Waals surface area contributed by atoms with Crippen LogP contribution in [0.15, 0.2) is 4.52 Å². The van der Waals surface area contributed by atoms with Gasteiger partial charge >= 0.3 is 0 Å². The fraction of sp³-hybridized carbons (Fsp3) is 0.857. The second kappa shape index (κ2) is 5.39. The molecule has 1 aliphatic rings. The van der Waals surface area contributed by atoms with E-state index in [9.17, 15) is 0 Å². The third-order valence-electron chi connectivity index (χ3n) is 3.38. The summed E-state index contributed by atoms with van der Waals surface area (Å²) in [5.41, 5.74) is -0.0341. The second-order valence-electron chi connectivity index (χ2n) is 6.36. The van der Waals surface area contributed by atoms with E-state index >= 15 is 0 Å². The summed E-state index contributed by atoms with van der Waals surface area (Å²) in [7, 11) is 0. The van der Waals surface area contributed by atoms with E-state index in [4.69, 9.17) is 4.52 Å². The van der Waals surface area contributed by atoms with E-state index in [-0.39, 0.29) is 5.41 Å². The minimum Gasteiger partial charge on any atom is -0.339 e. The van der Waals surface area contributed by atoms with E-state index in [1.165, 1.54) is 19.3 Å². The third kappa shape index (κ3) is 3.55. The molecular formula is C14H25N3O. The van der Waals surface area contributed by atoms with Gasteiger partial charge in [-0.25, -0.2) is 0 Å². The maximum atomic E-state index is 5.38. The molecule has 1 heterocycles. The highest BCUT2D eigenvalue weighted by Crippen LogP contribution is 2.34. The van der Waals surface area contributed by atoms with E-state index < -0.39 is 0 Å². The van der Waals surface area contributed by atoms with Crippen molar-refractivity contribution in [2.75, 3.05) is 6.54 Å². The van der Waals surface area contributed by atoms with E-state index in [0.29, 0.717) is 6.04 Å². The summed E-state index contributed by atoms with van der Waals surface area (Å²) < 4.78 is 5.38. The van der Waals surface area contributed by atoms with Crippen molar-refractivity contribution < 1.29 is 4.52 Å². The van der Waals surface area contributed by atoms with E-state index in [1.807, 2.05) is 0 Å². The first-order valence-corrected chi connectivity index (χ1v) is 7.07. The van der Waals surface area contributed by atoms with E-state index in [1.54, 1.807) is 0 Å². The number of hydrogen-bond acceptors (Lipinski definition) is 4. The monoisotopic (exact) mass is 251 g/mol. The minimum atomic E-state index is -0.0341. The zero-order valence-corrected chi connectivity index (χ0v) is 12.0. The summed E-state index contributed by atoms with van der Waals surface area (Å²) in [6.07, 6.45) is 4.71. The predicted octanol–water partition coefficient (Wildman–Crippen LogP) is 2.69. The van der Waals surface area contributed by atoms with E-state index in [2.05, 4.69) is 43.2 Å². The van der Waals surface area contributed by atoms with Gasteiger partial charge in [-0.3, -0.25) is 0 Å². The van der Waals surface area contributed by atoms with Crippen LogP contribution in [0.3, 0.4) is 0 Å². The molecule has 1 fully saturated rings. The van der Waals surface area contributed by atoms with Crippen molar-refractivity contribution in [2.24, 2.45) is 5.92 Å². The van der Waals surface area contributed by atoms with Gasteiger partial charge in [0.25, 0.3) is 0 Å². The number of rotatable bonds is 6. The van der Waals surface area contributed by atoms with Gasteiger partial charge in [0, 0.05) is 17.9 Å². The lowest BCUT2D eigenvalue weighted by molar-refractivity contribution is 0.337. The summed E-state index contributed by atoms with van der Waals surface area (Å²) >= 11 is 0. The number of hydrogen-bond donors (Lipinski definition) is 1. The first-order chi connectivity index (χ1) is 8.50. The first-order valence-electron chi connectivity index (χ1n) is 7.07. The Labute approximate surface area is 110 Å². The van der Waals surface area contributed by atoms with Gasteiger partial charge in [0.05, 0.1) is 0 Å². The fourth-order valence-electron chi connectivity index (χ4n) is 2.06. The highest BCUT2D eigenvalue weighted by Gasteiger charge is 2.32. The Morgan fingerprint density at radius 2 is 2.11 bits per heavy atom. The third-order valence-corrected chi connectivity index (χ3v) is 3.38. The van der Waals surface area contributed by atoms with Crippen LogP contribution in [0, 0.1) is 5.92 Å². The zero-order chi connectivity index (χ0) is 13.2. The van der Waals surface area contributed by atoms with Crippen LogP contribution in [0.5, 0.6) is 0 Å². The SMILES string of the molecule is CCCNC(Cc1nc(C(C)(C)C)no1)C1CC1. The van der Waals surface area contributed by atoms with Gasteiger partial charge in [-0.2, -0.15) is 4.98 Å². The van der Waals surface area contributed by atoms with Crippen LogP contribution < -0.4 is 5.32 Å². The van der Waals surface area contributed by atoms with Crippen LogP contribution >= 0.6 is 0 Å². The van der Waals surface area contributed by atoms with Gasteiger partial charge in [0.1, 0.15) is 0 Å². The van der Waals surface area contributed by atoms with Crippen LogP contribution in [-0.4, -0.2) is 22.7 Å². The molecule has 0 amide bonds. The van der Waals surface area contributed by atoms with Gasteiger partial charge in [-0.15, -0.1) is 0 Å². The maximum absolute atomic E-state index is 5.38. The lowest BCUT2D eigenvalue weighted by Gasteiger charge is -2.15. The molecule has 1 unspecified atom stereocenters. The van der Waals surface area contributed by atoms with Crippen LogP contribution in [0.25, 0.3) is 0 Å². The molecule has 4 nitrogen and oxygen atoms in total. The zero-order valence-electron chi connectivity index (χ0n) is 12.0. The van der Waals surface area contributed by atoms with Gasteiger partial charge in [0.15, 0.2) is 5.82 Å². The normalized spacial score (nSPS) is 18.0. The Morgan fingerprint density at radius 3 is 2.61 bits per heavy atom. The molecule has 0 aliphatic heterocycles. The first kappa shape index (κ1) is 13.5. The molecule has 1 N–H and O–H groups in total. The second-order valence-corrected chi connectivity index (χ2v) is 6.36. The van der Waals surface area contributed by atoms with Crippen molar-refractivity contribution in [2.45, 2.75) is 64.8 Å². The highest BCUT2D eigenvalue weighted by molar-refractivity contribution is 5.02. The molecule has 1 saturated carbocycles. The lowest BCUT2D eigenvalue weighted by Crippen LogP contribution is -2.33. The molecule has 0 spiro atoms. The van der Waals surface area contributed by atoms with Gasteiger partial charge < -0.3 is 9.84 Å². The Morgan fingerprint density at radius 1 is 1.39 bits per heavy atom. The Balaban J connectivity index is 1.96. The lowest BCUT2D eigenvalue weighted by atomic mass is 9.96. The van der Waals surface area contributed by atoms with Crippen molar-refractivity contribution in [3.05, 3.63) is 11.7 Å². The smallest absolute Gasteiger partial charge is 0.228 e. The Kier molecular flexibility index (Phi) is 4.05. The highest BCUT2D eigenvalue weighted by atomic mass is 16.5. The summed E-state index contributed by atoms with van der Waals surface area (Å²) in [5, 5.41) is 7.69. The molecule has 1 atom stereocenters. The molecule has 1 aromatic heterocycles. The van der Waals surface area contributed by atoms with E-state index in [0.717, 1.165) is 30.6 Å². The predicted molar refractivity (Wildman–Crippen MR) is 71.5 cm³/mol. The molecule has 4 heteroatoms. The summed E-state index contributed by atoms with van der Waals surface area (Å²) in [6, 6.07) is 0.512. The average Bonchev–Trinajstić information content (AvgIpc) is 3.02. The molecule has 2 rings (SSSR count). The van der Waals surface area contributed by atoms with Gasteiger partial charge in [-0.1, -0.05) is 32.9 Å². The minimum absolute atomic E-state index is 0.0341. The van der Waals surface area contributed by atoms with Crippen LogP contribution in [0.4, 0.5) is 0 Å². The molecule has 1 aliphatic carbocycles. The summed E-state index contributed by atoms with van der Waals surface area (Å²) in [6.45, 7) is 9.59. The topological polar surface area (TPSA) is 51.0 Å². The van der Waals surface area contributed by atoms with Crippen molar-refractivity contribution in [3.63, 3.8) is 0 Å². The molecule has 0 bridgehead atoms. The van der Waals surface area contributed by atoms with Crippen molar-refractivity contribution >= 4 is 0 Å².